The fraction of sp³-hybridized carbons (Fsp3) is 0.308. The second-order valence-electron chi connectivity index (χ2n) is 4.22. The lowest BCUT2D eigenvalue weighted by atomic mass is 10.2. The minimum Gasteiger partial charge on any atom is -0.263 e. The topological polar surface area (TPSA) is 57.7 Å². The van der Waals surface area contributed by atoms with Crippen molar-refractivity contribution in [2.45, 2.75) is 19.9 Å². The zero-order valence-electron chi connectivity index (χ0n) is 10.4. The van der Waals surface area contributed by atoms with Gasteiger partial charge in [-0.15, -0.1) is 0 Å². The van der Waals surface area contributed by atoms with E-state index in [4.69, 9.17) is 11.6 Å². The third kappa shape index (κ3) is 2.46. The third-order valence-corrected chi connectivity index (χ3v) is 3.24. The van der Waals surface area contributed by atoms with Crippen LogP contribution in [0.1, 0.15) is 18.9 Å². The Labute approximate surface area is 115 Å². The predicted octanol–water partition coefficient (Wildman–Crippen LogP) is 2.04. The van der Waals surface area contributed by atoms with Crippen LogP contribution in [0.15, 0.2) is 24.3 Å². The van der Waals surface area contributed by atoms with E-state index in [-0.39, 0.29) is 13.1 Å². The van der Waals surface area contributed by atoms with Gasteiger partial charge in [-0.25, -0.2) is 4.79 Å². The van der Waals surface area contributed by atoms with Gasteiger partial charge in [-0.3, -0.25) is 19.4 Å². The molecule has 19 heavy (non-hydrogen) atoms. The number of carbonyl (C=O) groups is 3. The summed E-state index contributed by atoms with van der Waals surface area (Å²) in [6.07, 6.45) is 0.616. The Bertz CT molecular complexity index is 544. The first-order valence-corrected chi connectivity index (χ1v) is 6.34. The maximum atomic E-state index is 12.0. The van der Waals surface area contributed by atoms with Crippen molar-refractivity contribution in [2.75, 3.05) is 6.54 Å². The average Bonchev–Trinajstić information content (AvgIpc) is 2.59. The molecule has 0 N–H and O–H groups in total. The van der Waals surface area contributed by atoms with Gasteiger partial charge in [0.25, 0.3) is 0 Å². The summed E-state index contributed by atoms with van der Waals surface area (Å²) in [6, 6.07) is 6.34. The summed E-state index contributed by atoms with van der Waals surface area (Å²) in [7, 11) is 0. The average molecular weight is 281 g/mol. The number of halogens is 1. The van der Waals surface area contributed by atoms with Crippen LogP contribution in [0.3, 0.4) is 0 Å². The Kier molecular flexibility index (Phi) is 3.85. The van der Waals surface area contributed by atoms with E-state index in [2.05, 4.69) is 0 Å². The Morgan fingerprint density at radius 1 is 1.05 bits per heavy atom. The molecule has 1 aliphatic heterocycles. The third-order valence-electron chi connectivity index (χ3n) is 2.87. The number of urea groups is 1. The maximum Gasteiger partial charge on any atom is 0.334 e. The number of carbonyl (C=O) groups excluding carboxylic acids is 3. The van der Waals surface area contributed by atoms with Crippen LogP contribution in [0, 0.1) is 0 Å². The van der Waals surface area contributed by atoms with E-state index in [1.807, 2.05) is 6.92 Å². The van der Waals surface area contributed by atoms with Gasteiger partial charge in [0.15, 0.2) is 0 Å². The quantitative estimate of drug-likeness (QED) is 0.626. The van der Waals surface area contributed by atoms with E-state index in [0.29, 0.717) is 17.0 Å². The van der Waals surface area contributed by atoms with Crippen molar-refractivity contribution in [3.8, 4) is 0 Å². The molecule has 4 amide bonds. The molecule has 1 aromatic rings. The fourth-order valence-electron chi connectivity index (χ4n) is 1.91. The van der Waals surface area contributed by atoms with Crippen molar-refractivity contribution >= 4 is 29.4 Å². The second-order valence-corrected chi connectivity index (χ2v) is 4.63. The highest BCUT2D eigenvalue weighted by Crippen LogP contribution is 2.21. The van der Waals surface area contributed by atoms with Gasteiger partial charge < -0.3 is 0 Å². The van der Waals surface area contributed by atoms with Crippen LogP contribution in [-0.2, 0) is 16.1 Å². The molecule has 1 fully saturated rings. The molecule has 6 heteroatoms. The number of hydrogen-bond acceptors (Lipinski definition) is 3. The highest BCUT2D eigenvalue weighted by molar-refractivity contribution is 6.44. The van der Waals surface area contributed by atoms with Crippen LogP contribution < -0.4 is 0 Å². The summed E-state index contributed by atoms with van der Waals surface area (Å²) in [5.74, 6) is -1.56. The van der Waals surface area contributed by atoms with E-state index in [1.54, 1.807) is 24.3 Å². The van der Waals surface area contributed by atoms with Gasteiger partial charge in [0.1, 0.15) is 0 Å². The van der Waals surface area contributed by atoms with Gasteiger partial charge >= 0.3 is 17.8 Å². The van der Waals surface area contributed by atoms with Crippen molar-refractivity contribution in [3.63, 3.8) is 0 Å². The molecule has 1 heterocycles. The van der Waals surface area contributed by atoms with Crippen molar-refractivity contribution in [2.24, 2.45) is 0 Å². The molecule has 100 valence electrons. The van der Waals surface area contributed by atoms with E-state index >= 15 is 0 Å². The van der Waals surface area contributed by atoms with Gasteiger partial charge in [0.05, 0.1) is 6.54 Å². The zero-order valence-corrected chi connectivity index (χ0v) is 11.2. The number of amides is 4. The summed E-state index contributed by atoms with van der Waals surface area (Å²) in [5.41, 5.74) is 0.636. The molecule has 1 aliphatic rings. The van der Waals surface area contributed by atoms with Crippen molar-refractivity contribution < 1.29 is 14.4 Å². The van der Waals surface area contributed by atoms with Gasteiger partial charge in [-0.05, 0) is 18.1 Å². The molecule has 0 radical (unpaired) electrons. The van der Waals surface area contributed by atoms with Crippen molar-refractivity contribution in [3.05, 3.63) is 34.9 Å². The number of rotatable bonds is 4. The van der Waals surface area contributed by atoms with E-state index < -0.39 is 17.8 Å². The first-order chi connectivity index (χ1) is 9.06. The number of hydrogen-bond donors (Lipinski definition) is 0. The molecule has 0 saturated carbocycles. The molecule has 5 nitrogen and oxygen atoms in total. The summed E-state index contributed by atoms with van der Waals surface area (Å²) >= 11 is 5.98. The molecule has 0 aliphatic carbocycles. The summed E-state index contributed by atoms with van der Waals surface area (Å²) in [6.45, 7) is 2.10. The molecule has 0 atom stereocenters. The molecule has 0 unspecified atom stereocenters. The molecule has 1 saturated heterocycles. The van der Waals surface area contributed by atoms with E-state index in [9.17, 15) is 14.4 Å². The molecular weight excluding hydrogens is 268 g/mol. The number of nitrogens with zero attached hydrogens (tertiary/aromatic N) is 2. The minimum atomic E-state index is -0.793. The van der Waals surface area contributed by atoms with Crippen LogP contribution in [0.25, 0.3) is 0 Å². The largest absolute Gasteiger partial charge is 0.334 e. The zero-order chi connectivity index (χ0) is 14.0. The van der Waals surface area contributed by atoms with Gasteiger partial charge in [0.2, 0.25) is 0 Å². The Morgan fingerprint density at radius 3 is 2.32 bits per heavy atom. The van der Waals surface area contributed by atoms with Crippen LogP contribution in [0.4, 0.5) is 4.79 Å². The standard InChI is InChI=1S/C13H13ClN2O3/c1-2-7-15-11(17)12(18)16(13(15)19)8-9-5-3-4-6-10(9)14/h3-6H,2,7-8H2,1H3. The normalized spacial score (nSPS) is 15.6. The second kappa shape index (κ2) is 5.40. The number of benzene rings is 1. The Morgan fingerprint density at radius 2 is 1.68 bits per heavy atom. The molecule has 1 aromatic carbocycles. The lowest BCUT2D eigenvalue weighted by Crippen LogP contribution is -2.33. The van der Waals surface area contributed by atoms with Crippen LogP contribution >= 0.6 is 11.6 Å². The highest BCUT2D eigenvalue weighted by Gasteiger charge is 2.43. The fourth-order valence-corrected chi connectivity index (χ4v) is 2.10. The highest BCUT2D eigenvalue weighted by atomic mass is 35.5. The Balaban J connectivity index is 2.22. The van der Waals surface area contributed by atoms with Gasteiger partial charge in [-0.2, -0.15) is 0 Å². The number of imide groups is 2. The molecule has 0 bridgehead atoms. The predicted molar refractivity (Wildman–Crippen MR) is 69.4 cm³/mol. The van der Waals surface area contributed by atoms with Gasteiger partial charge in [-0.1, -0.05) is 36.7 Å². The summed E-state index contributed by atoms with van der Waals surface area (Å²) in [4.78, 5) is 37.4. The lowest BCUT2D eigenvalue weighted by molar-refractivity contribution is -0.143. The smallest absolute Gasteiger partial charge is 0.263 e. The van der Waals surface area contributed by atoms with Crippen LogP contribution in [-0.4, -0.2) is 34.2 Å². The maximum absolute atomic E-state index is 12.0. The molecule has 0 spiro atoms. The van der Waals surface area contributed by atoms with Gasteiger partial charge in [0, 0.05) is 11.6 Å². The summed E-state index contributed by atoms with van der Waals surface area (Å²) in [5, 5.41) is 0.462. The SMILES string of the molecule is CCCN1C(=O)C(=O)N(Cc2ccccc2Cl)C1=O. The minimum absolute atomic E-state index is 0.0172. The Hall–Kier alpha value is -1.88. The molecular formula is C13H13ClN2O3. The lowest BCUT2D eigenvalue weighted by Gasteiger charge is -2.15. The molecule has 0 aromatic heterocycles. The van der Waals surface area contributed by atoms with Crippen molar-refractivity contribution in [1.29, 1.82) is 0 Å². The summed E-state index contributed by atoms with van der Waals surface area (Å²) < 4.78 is 0. The van der Waals surface area contributed by atoms with Crippen LogP contribution in [0.2, 0.25) is 5.02 Å². The molecule has 2 rings (SSSR count). The van der Waals surface area contributed by atoms with E-state index in [0.717, 1.165) is 9.80 Å². The first kappa shape index (κ1) is 13.5. The van der Waals surface area contributed by atoms with E-state index in [1.165, 1.54) is 0 Å². The van der Waals surface area contributed by atoms with Crippen molar-refractivity contribution in [1.82, 2.24) is 9.80 Å². The first-order valence-electron chi connectivity index (χ1n) is 5.97. The monoisotopic (exact) mass is 280 g/mol. The van der Waals surface area contributed by atoms with Crippen LogP contribution in [0.5, 0.6) is 0 Å².